The van der Waals surface area contributed by atoms with Crippen molar-refractivity contribution in [2.75, 3.05) is 6.61 Å². The van der Waals surface area contributed by atoms with Crippen LogP contribution in [0.15, 0.2) is 78.9 Å². The maximum atomic E-state index is 13.2. The van der Waals surface area contributed by atoms with Crippen molar-refractivity contribution in [3.05, 3.63) is 101 Å². The molecular weight excluding hydrogens is 417 g/mol. The molecular formula is C23H20FN3O3S. The number of rotatable bonds is 6. The lowest BCUT2D eigenvalue weighted by molar-refractivity contribution is 0.0934. The summed E-state index contributed by atoms with van der Waals surface area (Å²) in [4.78, 5) is 24.2. The molecule has 0 saturated heterocycles. The zero-order valence-electron chi connectivity index (χ0n) is 16.4. The molecule has 0 aliphatic rings. The molecule has 0 saturated carbocycles. The van der Waals surface area contributed by atoms with Crippen LogP contribution in [0, 0.1) is 5.82 Å². The molecule has 0 aliphatic carbocycles. The van der Waals surface area contributed by atoms with E-state index in [0.29, 0.717) is 17.9 Å². The van der Waals surface area contributed by atoms with Crippen LogP contribution in [0.5, 0.6) is 5.75 Å². The number of halogens is 1. The molecule has 0 fully saturated rings. The monoisotopic (exact) mass is 437 g/mol. The molecule has 0 aromatic heterocycles. The Morgan fingerprint density at radius 1 is 0.839 bits per heavy atom. The quantitative estimate of drug-likeness (QED) is 0.407. The van der Waals surface area contributed by atoms with Crippen LogP contribution >= 0.6 is 12.2 Å². The van der Waals surface area contributed by atoms with Gasteiger partial charge in [-0.15, -0.1) is 0 Å². The highest BCUT2D eigenvalue weighted by Gasteiger charge is 2.10. The van der Waals surface area contributed by atoms with Gasteiger partial charge in [0.2, 0.25) is 0 Å². The van der Waals surface area contributed by atoms with Crippen molar-refractivity contribution in [3.8, 4) is 5.75 Å². The molecule has 158 valence electrons. The summed E-state index contributed by atoms with van der Waals surface area (Å²) in [7, 11) is 0. The smallest absolute Gasteiger partial charge is 0.269 e. The van der Waals surface area contributed by atoms with Crippen molar-refractivity contribution >= 4 is 29.1 Å². The molecule has 31 heavy (non-hydrogen) atoms. The maximum absolute atomic E-state index is 13.2. The first kappa shape index (κ1) is 21.9. The third-order valence-electron chi connectivity index (χ3n) is 4.22. The minimum absolute atomic E-state index is 0.0991. The predicted molar refractivity (Wildman–Crippen MR) is 119 cm³/mol. The van der Waals surface area contributed by atoms with E-state index in [9.17, 15) is 14.0 Å². The molecule has 6 nitrogen and oxygen atoms in total. The second kappa shape index (κ2) is 10.8. The van der Waals surface area contributed by atoms with Crippen LogP contribution in [0.3, 0.4) is 0 Å². The topological polar surface area (TPSA) is 79.5 Å². The fourth-order valence-corrected chi connectivity index (χ4v) is 2.80. The number of carbonyl (C=O) groups is 2. The van der Waals surface area contributed by atoms with E-state index in [-0.39, 0.29) is 10.7 Å². The lowest BCUT2D eigenvalue weighted by Crippen LogP contribution is -2.48. The predicted octanol–water partition coefficient (Wildman–Crippen LogP) is 3.40. The van der Waals surface area contributed by atoms with E-state index < -0.39 is 17.6 Å². The van der Waals surface area contributed by atoms with Crippen LogP contribution in [-0.2, 0) is 6.42 Å². The summed E-state index contributed by atoms with van der Waals surface area (Å²) in [6, 6.07) is 21.8. The van der Waals surface area contributed by atoms with Crippen molar-refractivity contribution < 1.29 is 18.7 Å². The van der Waals surface area contributed by atoms with Gasteiger partial charge in [-0.3, -0.25) is 25.8 Å². The molecule has 3 N–H and O–H groups in total. The average molecular weight is 437 g/mol. The number of thiocarbonyl (C=S) groups is 1. The summed E-state index contributed by atoms with van der Waals surface area (Å²) in [5.41, 5.74) is 6.38. The Morgan fingerprint density at radius 3 is 2.29 bits per heavy atom. The van der Waals surface area contributed by atoms with Crippen LogP contribution in [0.25, 0.3) is 0 Å². The maximum Gasteiger partial charge on any atom is 0.269 e. The summed E-state index contributed by atoms with van der Waals surface area (Å²) < 4.78 is 18.9. The molecule has 0 bridgehead atoms. The molecule has 0 radical (unpaired) electrons. The van der Waals surface area contributed by atoms with E-state index >= 15 is 0 Å². The van der Waals surface area contributed by atoms with Gasteiger partial charge >= 0.3 is 0 Å². The Bertz CT molecular complexity index is 1060. The van der Waals surface area contributed by atoms with Crippen LogP contribution in [-0.4, -0.2) is 23.5 Å². The highest BCUT2D eigenvalue weighted by atomic mass is 32.1. The average Bonchev–Trinajstić information content (AvgIpc) is 2.78. The highest BCUT2D eigenvalue weighted by molar-refractivity contribution is 7.80. The van der Waals surface area contributed by atoms with Gasteiger partial charge in [0, 0.05) is 17.5 Å². The van der Waals surface area contributed by atoms with E-state index in [1.54, 1.807) is 24.3 Å². The van der Waals surface area contributed by atoms with Gasteiger partial charge in [0.25, 0.3) is 11.8 Å². The fourth-order valence-electron chi connectivity index (χ4n) is 2.66. The standard InChI is InChI=1S/C23H20FN3O3S/c24-19-8-4-7-18(15-19)22(29)26-27-23(31)25-21(28)17-9-11-20(12-10-17)30-14-13-16-5-2-1-3-6-16/h1-12,15H,13-14H2,(H,26,29)(H2,25,27,28,31). The fraction of sp³-hybridized carbons (Fsp3) is 0.0870. The first-order valence-corrected chi connectivity index (χ1v) is 9.86. The van der Waals surface area contributed by atoms with E-state index in [1.165, 1.54) is 23.8 Å². The Labute approximate surface area is 184 Å². The van der Waals surface area contributed by atoms with Crippen molar-refractivity contribution in [2.24, 2.45) is 0 Å². The number of hydrazine groups is 1. The van der Waals surface area contributed by atoms with Crippen LogP contribution < -0.4 is 20.9 Å². The molecule has 0 aliphatic heterocycles. The van der Waals surface area contributed by atoms with Crippen LogP contribution in [0.2, 0.25) is 0 Å². The van der Waals surface area contributed by atoms with Gasteiger partial charge in [-0.1, -0.05) is 36.4 Å². The zero-order valence-corrected chi connectivity index (χ0v) is 17.2. The molecule has 3 aromatic carbocycles. The lowest BCUT2D eigenvalue weighted by atomic mass is 10.2. The summed E-state index contributed by atoms with van der Waals surface area (Å²) in [5.74, 6) is -0.923. The van der Waals surface area contributed by atoms with Crippen molar-refractivity contribution in [2.45, 2.75) is 6.42 Å². The molecule has 0 spiro atoms. The third kappa shape index (κ3) is 6.90. The van der Waals surface area contributed by atoms with Crippen molar-refractivity contribution in [3.63, 3.8) is 0 Å². The van der Waals surface area contributed by atoms with E-state index in [4.69, 9.17) is 17.0 Å². The minimum atomic E-state index is -0.590. The largest absolute Gasteiger partial charge is 0.493 e. The Balaban J connectivity index is 1.43. The highest BCUT2D eigenvalue weighted by Crippen LogP contribution is 2.13. The van der Waals surface area contributed by atoms with E-state index in [2.05, 4.69) is 16.2 Å². The van der Waals surface area contributed by atoms with Gasteiger partial charge in [0.1, 0.15) is 11.6 Å². The Hall–Kier alpha value is -3.78. The first-order valence-electron chi connectivity index (χ1n) is 9.45. The molecule has 8 heteroatoms. The molecule has 0 unspecified atom stereocenters. The van der Waals surface area contributed by atoms with E-state index in [1.807, 2.05) is 30.3 Å². The van der Waals surface area contributed by atoms with Gasteiger partial charge < -0.3 is 4.74 Å². The van der Waals surface area contributed by atoms with Gasteiger partial charge in [-0.05, 0) is 60.2 Å². The van der Waals surface area contributed by atoms with E-state index in [0.717, 1.165) is 12.5 Å². The third-order valence-corrected chi connectivity index (χ3v) is 4.43. The van der Waals surface area contributed by atoms with Gasteiger partial charge in [0.15, 0.2) is 5.11 Å². The Morgan fingerprint density at radius 2 is 1.58 bits per heavy atom. The van der Waals surface area contributed by atoms with Crippen molar-refractivity contribution in [1.29, 1.82) is 0 Å². The molecule has 3 aromatic rings. The number of amides is 2. The minimum Gasteiger partial charge on any atom is -0.493 e. The number of benzene rings is 3. The number of hydrogen-bond acceptors (Lipinski definition) is 4. The summed E-state index contributed by atoms with van der Waals surface area (Å²) in [6.07, 6.45) is 0.782. The second-order valence-corrected chi connectivity index (χ2v) is 6.89. The van der Waals surface area contributed by atoms with Crippen LogP contribution in [0.1, 0.15) is 26.3 Å². The molecule has 2 amide bonds. The van der Waals surface area contributed by atoms with Gasteiger partial charge in [0.05, 0.1) is 6.61 Å². The number of nitrogens with one attached hydrogen (secondary N) is 3. The molecule has 3 rings (SSSR count). The SMILES string of the molecule is O=C(NNC(=S)NC(=O)c1ccc(OCCc2ccccc2)cc1)c1cccc(F)c1. The van der Waals surface area contributed by atoms with Crippen molar-refractivity contribution in [1.82, 2.24) is 16.2 Å². The molecule has 0 atom stereocenters. The summed E-state index contributed by atoms with van der Waals surface area (Å²) in [5, 5.41) is 2.35. The van der Waals surface area contributed by atoms with Gasteiger partial charge in [-0.25, -0.2) is 4.39 Å². The summed E-state index contributed by atoms with van der Waals surface area (Å²) >= 11 is 5.00. The van der Waals surface area contributed by atoms with Crippen LogP contribution in [0.4, 0.5) is 4.39 Å². The molecule has 0 heterocycles. The number of ether oxygens (including phenoxy) is 1. The normalized spacial score (nSPS) is 10.1. The lowest BCUT2D eigenvalue weighted by Gasteiger charge is -2.11. The Kier molecular flexibility index (Phi) is 7.67. The number of carbonyl (C=O) groups excluding carboxylic acids is 2. The first-order chi connectivity index (χ1) is 15.0. The summed E-state index contributed by atoms with van der Waals surface area (Å²) in [6.45, 7) is 0.522. The second-order valence-electron chi connectivity index (χ2n) is 6.48. The van der Waals surface area contributed by atoms with Gasteiger partial charge in [-0.2, -0.15) is 0 Å². The number of hydrogen-bond donors (Lipinski definition) is 3. The zero-order chi connectivity index (χ0) is 22.1.